The number of unbranched alkanes of at least 4 members (excludes halogenated alkanes) is 12. The maximum absolute atomic E-state index is 14.1. The van der Waals surface area contributed by atoms with E-state index in [4.69, 9.17) is 56.8 Å². The van der Waals surface area contributed by atoms with Crippen LogP contribution >= 0.6 is 21.6 Å². The molecular formula is C88H158N6O31S2. The number of aliphatic hydroxyl groups is 10. The first kappa shape index (κ1) is 114. The molecule has 0 radical (unpaired) electrons. The van der Waals surface area contributed by atoms with Gasteiger partial charge < -0.3 is 139 Å². The Labute approximate surface area is 758 Å². The smallest absolute Gasteiger partial charge is 0.407 e. The summed E-state index contributed by atoms with van der Waals surface area (Å²) >= 11 is 0. The molecule has 4 aliphatic heterocycles. The summed E-state index contributed by atoms with van der Waals surface area (Å²) in [6.45, 7) is 7.54. The monoisotopic (exact) mass is 1860 g/mol. The van der Waals surface area contributed by atoms with Gasteiger partial charge in [0.1, 0.15) is 42.4 Å². The topological polar surface area (TPSA) is 530 Å². The zero-order valence-corrected chi connectivity index (χ0v) is 77.6. The summed E-state index contributed by atoms with van der Waals surface area (Å²) in [6.07, 6.45) is 5.54. The molecule has 6 amide bonds. The van der Waals surface area contributed by atoms with Crippen molar-refractivity contribution in [2.45, 2.75) is 343 Å². The number of hydrogen-bond acceptors (Lipinski definition) is 33. The van der Waals surface area contributed by atoms with Crippen LogP contribution in [0, 0.1) is 17.8 Å². The number of hydrogen-bond donors (Lipinski definition) is 15. The summed E-state index contributed by atoms with van der Waals surface area (Å²) in [4.78, 5) is 118. The van der Waals surface area contributed by atoms with E-state index in [1.807, 2.05) is 0 Å². The molecule has 4 saturated heterocycles. The number of nitrogens with zero attached hydrogens (tertiary/aromatic N) is 1. The zero-order valence-electron chi connectivity index (χ0n) is 75.9. The summed E-state index contributed by atoms with van der Waals surface area (Å²) in [6, 6.07) is -0.228. The van der Waals surface area contributed by atoms with Crippen molar-refractivity contribution < 1.29 is 151 Å². The number of alkyl carbamates (subject to hydrolysis) is 1. The minimum absolute atomic E-state index is 0.00270. The van der Waals surface area contributed by atoms with Crippen molar-refractivity contribution in [2.24, 2.45) is 17.8 Å². The Bertz CT molecular complexity index is 2760. The lowest BCUT2D eigenvalue weighted by molar-refractivity contribution is -0.282. The standard InChI is InChI=1S/C88H158N6O31S2/c1-62-78(107)81(110)68(59-96)123-84(62)119-44-21-30-71(100)89-40-17-9-5-7-13-34-76(105)117-47-25-37-88(38-26-48-118-77(106)35-14-8-6-10-18-41-90-72(101)31-22-45-120-85-63(2)79(108)82(111)69(60-97)124-85,39-27-49-122-87(113)92-43-20-12-11-19-42-91-73(102)32-23-46-121-86-64(3)80(109)83(112)70(61-98)125-86)93-74(103)36-50-115-51-52-116-53-55-127-126-54-24-29-66(99)28-15-16-33-75(104)94-57-67(114-4)56-65(94)58-95/h62-65,67-70,78-86,95-98,107-112H,5-61H2,1-4H3,(H,89,100)(H,90,101)(H,91,102)(H,92,113)(H,93,103)/t62?,63?,64?,65-,67+,68?,69?,70?,78?,79?,80?,81?,82?,83?,84?,85?,86?,88?/m1/s1. The van der Waals surface area contributed by atoms with Crippen LogP contribution in [0.3, 0.4) is 0 Å². The van der Waals surface area contributed by atoms with Crippen molar-refractivity contribution in [1.82, 2.24) is 31.5 Å². The lowest BCUT2D eigenvalue weighted by Crippen LogP contribution is -2.55. The van der Waals surface area contributed by atoms with Crippen LogP contribution in [0.1, 0.15) is 252 Å². The van der Waals surface area contributed by atoms with Gasteiger partial charge in [-0.3, -0.25) is 38.4 Å². The molecule has 4 aliphatic rings. The molecule has 127 heavy (non-hydrogen) atoms. The second-order valence-corrected chi connectivity index (χ2v) is 36.4. The molecule has 17 atom stereocenters. The number of likely N-dealkylation sites (tertiary alicyclic amines) is 1. The summed E-state index contributed by atoms with van der Waals surface area (Å²) in [5, 5.41) is 114. The Morgan fingerprint density at radius 3 is 1.20 bits per heavy atom. The van der Waals surface area contributed by atoms with Gasteiger partial charge in [0, 0.05) is 132 Å². The Kier molecular flexibility index (Phi) is 63.1. The van der Waals surface area contributed by atoms with Crippen molar-refractivity contribution >= 4 is 74.9 Å². The molecule has 0 aromatic heterocycles. The van der Waals surface area contributed by atoms with E-state index in [-0.39, 0.29) is 157 Å². The van der Waals surface area contributed by atoms with Gasteiger partial charge in [0.05, 0.1) is 123 Å². The van der Waals surface area contributed by atoms with Crippen molar-refractivity contribution in [3.05, 3.63) is 0 Å². The molecule has 15 N–H and O–H groups in total. The first-order valence-electron chi connectivity index (χ1n) is 46.7. The normalized spacial score (nSPS) is 24.6. The highest BCUT2D eigenvalue weighted by molar-refractivity contribution is 8.76. The third-order valence-corrected chi connectivity index (χ3v) is 25.8. The number of methoxy groups -OCH3 is 1. The fourth-order valence-electron chi connectivity index (χ4n) is 15.4. The van der Waals surface area contributed by atoms with E-state index in [1.165, 1.54) is 0 Å². The number of amides is 6. The minimum Gasteiger partial charge on any atom is -0.466 e. The molecule has 0 spiro atoms. The molecule has 0 aromatic carbocycles. The van der Waals surface area contributed by atoms with E-state index >= 15 is 0 Å². The number of carbonyl (C=O) groups is 9. The van der Waals surface area contributed by atoms with Gasteiger partial charge in [0.15, 0.2) is 18.9 Å². The number of rotatable bonds is 75. The Balaban J connectivity index is 1.23. The van der Waals surface area contributed by atoms with E-state index in [1.54, 1.807) is 54.4 Å². The molecule has 4 heterocycles. The van der Waals surface area contributed by atoms with Gasteiger partial charge in [0.2, 0.25) is 29.5 Å². The lowest BCUT2D eigenvalue weighted by atomic mass is 9.83. The number of ether oxygens (including phenoxy) is 12. The molecule has 0 aromatic rings. The maximum Gasteiger partial charge on any atom is 0.407 e. The summed E-state index contributed by atoms with van der Waals surface area (Å²) in [5.74, 6) is -1.38. The predicted octanol–water partition coefficient (Wildman–Crippen LogP) is 4.52. The van der Waals surface area contributed by atoms with Crippen molar-refractivity contribution in [1.29, 1.82) is 0 Å². The highest BCUT2D eigenvalue weighted by atomic mass is 33.1. The fourth-order valence-corrected chi connectivity index (χ4v) is 17.4. The average Bonchev–Trinajstić information content (AvgIpc) is 1.76. The van der Waals surface area contributed by atoms with Gasteiger partial charge in [-0.1, -0.05) is 93.7 Å². The number of carbonyl (C=O) groups excluding carboxylic acids is 9. The van der Waals surface area contributed by atoms with Gasteiger partial charge >= 0.3 is 18.0 Å². The maximum atomic E-state index is 14.1. The van der Waals surface area contributed by atoms with Crippen molar-refractivity contribution in [3.8, 4) is 0 Å². The third kappa shape index (κ3) is 49.1. The van der Waals surface area contributed by atoms with Gasteiger partial charge in [-0.2, -0.15) is 0 Å². The molecule has 15 unspecified atom stereocenters. The van der Waals surface area contributed by atoms with E-state index in [2.05, 4.69) is 26.6 Å². The van der Waals surface area contributed by atoms with E-state index < -0.39 is 123 Å². The number of aliphatic hydroxyl groups excluding tert-OH is 10. The molecule has 738 valence electrons. The molecule has 0 saturated carbocycles. The summed E-state index contributed by atoms with van der Waals surface area (Å²) < 4.78 is 68.1. The Morgan fingerprint density at radius 2 is 0.764 bits per heavy atom. The molecule has 37 nitrogen and oxygen atoms in total. The summed E-state index contributed by atoms with van der Waals surface area (Å²) in [7, 11) is 4.93. The highest BCUT2D eigenvalue weighted by Crippen LogP contribution is 2.32. The highest BCUT2D eigenvalue weighted by Gasteiger charge is 2.45. The van der Waals surface area contributed by atoms with Crippen LogP contribution in [0.2, 0.25) is 0 Å². The fraction of sp³-hybridized carbons (Fsp3) is 0.898. The molecule has 0 bridgehead atoms. The minimum atomic E-state index is -1.23. The van der Waals surface area contributed by atoms with Crippen LogP contribution < -0.4 is 26.6 Å². The van der Waals surface area contributed by atoms with Crippen LogP contribution in [0.5, 0.6) is 0 Å². The van der Waals surface area contributed by atoms with E-state index in [0.717, 1.165) is 88.6 Å². The van der Waals surface area contributed by atoms with Crippen molar-refractivity contribution in [2.75, 3.05) is 144 Å². The first-order chi connectivity index (χ1) is 61.3. The quantitative estimate of drug-likeness (QED) is 0.0172. The van der Waals surface area contributed by atoms with Gasteiger partial charge in [-0.25, -0.2) is 4.79 Å². The molecule has 4 fully saturated rings. The number of Topliss-reactive ketones (excluding diaryl/α,β-unsaturated/α-hetero) is 1. The molecular weight excluding hydrogens is 1700 g/mol. The predicted molar refractivity (Wildman–Crippen MR) is 471 cm³/mol. The van der Waals surface area contributed by atoms with Crippen LogP contribution in [0.4, 0.5) is 4.79 Å². The molecule has 39 heteroatoms. The zero-order chi connectivity index (χ0) is 92.8. The number of ketones is 1. The molecule has 0 aliphatic carbocycles. The Morgan fingerprint density at radius 1 is 0.378 bits per heavy atom. The second kappa shape index (κ2) is 69.9. The number of nitrogens with one attached hydrogen (secondary N) is 5. The van der Waals surface area contributed by atoms with E-state index in [0.29, 0.717) is 162 Å². The first-order valence-corrected chi connectivity index (χ1v) is 49.2. The SMILES string of the molecule is CO[C@H]1C[C@H](CO)N(C(=O)CCCCC(=O)CCCSSCCOCCOCCC(=O)NC(CCCOC(=O)CCCCCCCNC(=O)CCCOC2OC(CO)C(O)C(O)C2C)(CCCOC(=O)CCCCCCCNC(=O)CCCOC2OC(CO)C(O)C(O)C2C)CCCOC(=O)NCCCCCCNC(=O)CCCOC2OC(CO)C(O)C(O)C2C)C1. The second-order valence-electron chi connectivity index (χ2n) is 33.7. The lowest BCUT2D eigenvalue weighted by Gasteiger charge is -2.40. The number of esters is 2. The largest absolute Gasteiger partial charge is 0.466 e. The van der Waals surface area contributed by atoms with Gasteiger partial charge in [-0.15, -0.1) is 0 Å². The third-order valence-electron chi connectivity index (χ3n) is 23.3. The average molecular weight is 1860 g/mol. The van der Waals surface area contributed by atoms with Crippen LogP contribution in [0.25, 0.3) is 0 Å². The van der Waals surface area contributed by atoms with E-state index in [9.17, 15) is 94.2 Å². The van der Waals surface area contributed by atoms with Crippen LogP contribution in [-0.4, -0.2) is 345 Å². The van der Waals surface area contributed by atoms with Crippen LogP contribution in [0.15, 0.2) is 0 Å². The summed E-state index contributed by atoms with van der Waals surface area (Å²) in [5.41, 5.74) is -0.930. The van der Waals surface area contributed by atoms with Gasteiger partial charge in [0.25, 0.3) is 0 Å². The molecule has 4 rings (SSSR count). The van der Waals surface area contributed by atoms with Crippen molar-refractivity contribution in [3.63, 3.8) is 0 Å². The van der Waals surface area contributed by atoms with Crippen LogP contribution in [-0.2, 0) is 95.2 Å². The van der Waals surface area contributed by atoms with Gasteiger partial charge in [-0.05, 0) is 122 Å². The Hall–Kier alpha value is -4.83.